The number of hydrogen-bond acceptors (Lipinski definition) is 8. The predicted octanol–water partition coefficient (Wildman–Crippen LogP) is 2.87. The van der Waals surface area contributed by atoms with Gasteiger partial charge in [-0.1, -0.05) is 6.07 Å². The summed E-state index contributed by atoms with van der Waals surface area (Å²) in [6.07, 6.45) is -0.676. The van der Waals surface area contributed by atoms with E-state index in [2.05, 4.69) is 26.1 Å². The van der Waals surface area contributed by atoms with Gasteiger partial charge < -0.3 is 24.6 Å². The van der Waals surface area contributed by atoms with E-state index in [1.54, 1.807) is 19.1 Å². The van der Waals surface area contributed by atoms with Crippen LogP contribution in [0.5, 0.6) is 5.75 Å². The Morgan fingerprint density at radius 2 is 2.10 bits per heavy atom. The number of aliphatic hydroxyl groups excluding tert-OH is 1. The second-order valence-electron chi connectivity index (χ2n) is 6.84. The zero-order chi connectivity index (χ0) is 21.7. The van der Waals surface area contributed by atoms with Gasteiger partial charge in [-0.3, -0.25) is 9.69 Å². The number of rotatable bonds is 8. The van der Waals surface area contributed by atoms with Crippen LogP contribution in [0.2, 0.25) is 0 Å². The number of hydrogen-bond donors (Lipinski definition) is 2. The smallest absolute Gasteiger partial charge is 0.350 e. The highest BCUT2D eigenvalue weighted by atomic mass is 79.9. The fourth-order valence-corrected chi connectivity index (χ4v) is 4.93. The van der Waals surface area contributed by atoms with E-state index in [4.69, 9.17) is 14.2 Å². The van der Waals surface area contributed by atoms with Crippen molar-refractivity contribution in [2.45, 2.75) is 20.0 Å². The molecular formula is C20H25BrN2O6S. The minimum absolute atomic E-state index is 0.0944. The van der Waals surface area contributed by atoms with Crippen LogP contribution in [0.25, 0.3) is 10.1 Å². The molecule has 1 aromatic carbocycles. The van der Waals surface area contributed by atoms with Crippen LogP contribution in [-0.4, -0.2) is 74.0 Å². The molecule has 1 amide bonds. The second-order valence-corrected chi connectivity index (χ2v) is 8.71. The van der Waals surface area contributed by atoms with Gasteiger partial charge in [0.15, 0.2) is 5.75 Å². The van der Waals surface area contributed by atoms with Gasteiger partial charge in [-0.25, -0.2) is 4.79 Å². The standard InChI is InChI=1S/C20H25BrN2O6S/c1-3-28-20(26)19-16(22-12(2)24)14-4-5-15(21)17(18(14)30-19)29-11-13(25)10-23-6-8-27-9-7-23/h4-5,13,25H,3,6-11H2,1-2H3,(H,22,24)/t13-/m1/s1. The number of aliphatic hydroxyl groups is 1. The first-order chi connectivity index (χ1) is 14.4. The Labute approximate surface area is 187 Å². The molecule has 2 aromatic rings. The Morgan fingerprint density at radius 1 is 1.37 bits per heavy atom. The number of esters is 1. The molecule has 0 spiro atoms. The summed E-state index contributed by atoms with van der Waals surface area (Å²) in [4.78, 5) is 26.6. The second kappa shape index (κ2) is 10.5. The summed E-state index contributed by atoms with van der Waals surface area (Å²) in [6.45, 7) is 6.82. The zero-order valence-electron chi connectivity index (χ0n) is 16.9. The summed E-state index contributed by atoms with van der Waals surface area (Å²) < 4.78 is 17.8. The summed E-state index contributed by atoms with van der Waals surface area (Å²) >= 11 is 4.68. The van der Waals surface area contributed by atoms with Gasteiger partial charge in [0.25, 0.3) is 0 Å². The largest absolute Gasteiger partial charge is 0.488 e. The van der Waals surface area contributed by atoms with E-state index in [0.717, 1.165) is 13.1 Å². The molecule has 8 nitrogen and oxygen atoms in total. The average Bonchev–Trinajstić information content (AvgIpc) is 3.06. The number of thiophene rings is 1. The predicted molar refractivity (Wildman–Crippen MR) is 119 cm³/mol. The first-order valence-corrected chi connectivity index (χ1v) is 11.3. The molecule has 164 valence electrons. The highest BCUT2D eigenvalue weighted by Crippen LogP contribution is 2.44. The van der Waals surface area contributed by atoms with E-state index in [-0.39, 0.29) is 19.1 Å². The van der Waals surface area contributed by atoms with Gasteiger partial charge in [-0.2, -0.15) is 0 Å². The molecule has 1 atom stereocenters. The summed E-state index contributed by atoms with van der Waals surface area (Å²) in [6, 6.07) is 3.60. The van der Waals surface area contributed by atoms with Crippen LogP contribution in [0.3, 0.4) is 0 Å². The number of anilines is 1. The van der Waals surface area contributed by atoms with Crippen molar-refractivity contribution in [2.75, 3.05) is 51.4 Å². The van der Waals surface area contributed by atoms with Gasteiger partial charge in [0.2, 0.25) is 5.91 Å². The van der Waals surface area contributed by atoms with Crippen molar-refractivity contribution in [3.8, 4) is 5.75 Å². The molecule has 2 heterocycles. The lowest BCUT2D eigenvalue weighted by atomic mass is 10.2. The van der Waals surface area contributed by atoms with Crippen molar-refractivity contribution in [2.24, 2.45) is 0 Å². The molecule has 1 aliphatic rings. The molecule has 1 aliphatic heterocycles. The molecule has 3 rings (SSSR count). The van der Waals surface area contributed by atoms with Crippen LogP contribution in [0, 0.1) is 0 Å². The maximum absolute atomic E-state index is 12.4. The van der Waals surface area contributed by atoms with Crippen molar-refractivity contribution in [1.82, 2.24) is 4.90 Å². The number of β-amino-alcohol motifs (C(OH)–C–C–N with tert-alkyl or cyclic N) is 1. The minimum atomic E-state index is -0.676. The van der Waals surface area contributed by atoms with Crippen LogP contribution < -0.4 is 10.1 Å². The van der Waals surface area contributed by atoms with E-state index in [0.29, 0.717) is 50.6 Å². The number of benzene rings is 1. The highest BCUT2D eigenvalue weighted by Gasteiger charge is 2.24. The minimum Gasteiger partial charge on any atom is -0.488 e. The molecule has 0 unspecified atom stereocenters. The Balaban J connectivity index is 1.85. The molecule has 0 bridgehead atoms. The molecule has 1 saturated heterocycles. The van der Waals surface area contributed by atoms with Crippen molar-refractivity contribution in [1.29, 1.82) is 0 Å². The number of morpholine rings is 1. The average molecular weight is 501 g/mol. The maximum atomic E-state index is 12.4. The van der Waals surface area contributed by atoms with Crippen molar-refractivity contribution < 1.29 is 28.9 Å². The topological polar surface area (TPSA) is 97.3 Å². The summed E-state index contributed by atoms with van der Waals surface area (Å²) in [5.41, 5.74) is 0.409. The Morgan fingerprint density at radius 3 is 2.77 bits per heavy atom. The number of ether oxygens (including phenoxy) is 3. The lowest BCUT2D eigenvalue weighted by Gasteiger charge is -2.28. The quantitative estimate of drug-likeness (QED) is 0.537. The third-order valence-electron chi connectivity index (χ3n) is 4.52. The number of nitrogens with one attached hydrogen (secondary N) is 1. The highest BCUT2D eigenvalue weighted by molar-refractivity contribution is 9.10. The fourth-order valence-electron chi connectivity index (χ4n) is 3.20. The van der Waals surface area contributed by atoms with Crippen molar-refractivity contribution >= 4 is 54.9 Å². The van der Waals surface area contributed by atoms with E-state index in [9.17, 15) is 14.7 Å². The van der Waals surface area contributed by atoms with E-state index < -0.39 is 12.1 Å². The van der Waals surface area contributed by atoms with Gasteiger partial charge in [0.1, 0.15) is 17.6 Å². The number of amides is 1. The molecule has 0 aliphatic carbocycles. The number of nitrogens with zero attached hydrogens (tertiary/aromatic N) is 1. The first kappa shape index (κ1) is 23.0. The van der Waals surface area contributed by atoms with Crippen LogP contribution in [0.4, 0.5) is 5.69 Å². The summed E-state index contributed by atoms with van der Waals surface area (Å²) in [5, 5.41) is 13.8. The number of fused-ring (bicyclic) bond motifs is 1. The number of halogens is 1. The molecule has 1 fully saturated rings. The summed E-state index contributed by atoms with van der Waals surface area (Å²) in [7, 11) is 0. The lowest BCUT2D eigenvalue weighted by Crippen LogP contribution is -2.42. The van der Waals surface area contributed by atoms with E-state index in [1.807, 2.05) is 0 Å². The number of carbonyl (C=O) groups is 2. The molecule has 10 heteroatoms. The fraction of sp³-hybridized carbons (Fsp3) is 0.500. The Bertz CT molecular complexity index is 912. The van der Waals surface area contributed by atoms with Crippen LogP contribution in [-0.2, 0) is 14.3 Å². The molecule has 0 radical (unpaired) electrons. The van der Waals surface area contributed by atoms with Crippen LogP contribution >= 0.6 is 27.3 Å². The third kappa shape index (κ3) is 5.50. The van der Waals surface area contributed by atoms with Gasteiger partial charge >= 0.3 is 5.97 Å². The monoisotopic (exact) mass is 500 g/mol. The Kier molecular flexibility index (Phi) is 8.06. The lowest BCUT2D eigenvalue weighted by molar-refractivity contribution is -0.114. The molecule has 30 heavy (non-hydrogen) atoms. The Hall–Kier alpha value is -1.72. The van der Waals surface area contributed by atoms with Gasteiger partial charge in [-0.05, 0) is 28.9 Å². The van der Waals surface area contributed by atoms with Crippen molar-refractivity contribution in [3.63, 3.8) is 0 Å². The van der Waals surface area contributed by atoms with E-state index in [1.165, 1.54) is 18.3 Å². The van der Waals surface area contributed by atoms with Gasteiger partial charge in [-0.15, -0.1) is 11.3 Å². The molecule has 0 saturated carbocycles. The van der Waals surface area contributed by atoms with Crippen LogP contribution in [0.1, 0.15) is 23.5 Å². The SMILES string of the molecule is CCOC(=O)c1sc2c(OC[C@H](O)CN3CCOCC3)c(Br)ccc2c1NC(C)=O. The molecule has 1 aromatic heterocycles. The molecule has 2 N–H and O–H groups in total. The third-order valence-corrected chi connectivity index (χ3v) is 6.33. The first-order valence-electron chi connectivity index (χ1n) is 9.71. The summed E-state index contributed by atoms with van der Waals surface area (Å²) in [5.74, 6) is -0.274. The van der Waals surface area contributed by atoms with E-state index >= 15 is 0 Å². The maximum Gasteiger partial charge on any atom is 0.350 e. The van der Waals surface area contributed by atoms with Crippen LogP contribution in [0.15, 0.2) is 16.6 Å². The number of carbonyl (C=O) groups excluding carboxylic acids is 2. The molecular weight excluding hydrogens is 476 g/mol. The normalized spacial score (nSPS) is 15.7. The zero-order valence-corrected chi connectivity index (χ0v) is 19.3. The van der Waals surface area contributed by atoms with Gasteiger partial charge in [0.05, 0.1) is 34.7 Å². The van der Waals surface area contributed by atoms with Crippen molar-refractivity contribution in [3.05, 3.63) is 21.5 Å². The van der Waals surface area contributed by atoms with Gasteiger partial charge in [0, 0.05) is 31.9 Å².